The molecule has 0 aliphatic carbocycles. The highest BCUT2D eigenvalue weighted by molar-refractivity contribution is 9.10. The lowest BCUT2D eigenvalue weighted by molar-refractivity contribution is 0.545. The lowest BCUT2D eigenvalue weighted by Gasteiger charge is -2.15. The second-order valence-electron chi connectivity index (χ2n) is 4.83. The number of benzene rings is 2. The van der Waals surface area contributed by atoms with Crippen LogP contribution in [-0.2, 0) is 13.0 Å². The Morgan fingerprint density at radius 3 is 2.55 bits per heavy atom. The Bertz CT molecular complexity index is 586. The molecular formula is C16H16BrCl2N. The van der Waals surface area contributed by atoms with Crippen LogP contribution >= 0.6 is 39.1 Å². The highest BCUT2D eigenvalue weighted by Crippen LogP contribution is 2.23. The number of rotatable bonds is 5. The van der Waals surface area contributed by atoms with Crippen LogP contribution in [0.5, 0.6) is 0 Å². The van der Waals surface area contributed by atoms with Gasteiger partial charge in [0, 0.05) is 22.1 Å². The SMILES string of the molecule is CC(Cc1ccccc1Cl)NCc1ccc(Cl)c(Br)c1. The molecule has 0 aliphatic rings. The number of nitrogens with one attached hydrogen (secondary N) is 1. The van der Waals surface area contributed by atoms with Crippen molar-refractivity contribution >= 4 is 39.1 Å². The molecule has 1 atom stereocenters. The van der Waals surface area contributed by atoms with E-state index in [2.05, 4.69) is 34.2 Å². The van der Waals surface area contributed by atoms with Gasteiger partial charge in [-0.2, -0.15) is 0 Å². The van der Waals surface area contributed by atoms with Gasteiger partial charge in [0.1, 0.15) is 0 Å². The van der Waals surface area contributed by atoms with E-state index in [1.165, 1.54) is 11.1 Å². The molecule has 0 amide bonds. The molecule has 106 valence electrons. The number of hydrogen-bond acceptors (Lipinski definition) is 1. The van der Waals surface area contributed by atoms with E-state index in [9.17, 15) is 0 Å². The molecule has 0 saturated carbocycles. The summed E-state index contributed by atoms with van der Waals surface area (Å²) in [6.45, 7) is 2.97. The third-order valence-corrected chi connectivity index (χ3v) is 4.71. The van der Waals surface area contributed by atoms with Crippen molar-refractivity contribution in [1.29, 1.82) is 0 Å². The molecule has 1 N–H and O–H groups in total. The molecule has 20 heavy (non-hydrogen) atoms. The van der Waals surface area contributed by atoms with E-state index in [1.807, 2.05) is 36.4 Å². The Hall–Kier alpha value is -0.540. The van der Waals surface area contributed by atoms with E-state index in [1.54, 1.807) is 0 Å². The fourth-order valence-corrected chi connectivity index (χ4v) is 2.76. The molecule has 0 aromatic heterocycles. The lowest BCUT2D eigenvalue weighted by Crippen LogP contribution is -2.27. The van der Waals surface area contributed by atoms with Gasteiger partial charge in [0.2, 0.25) is 0 Å². The van der Waals surface area contributed by atoms with Gasteiger partial charge in [-0.05, 0) is 58.6 Å². The molecule has 0 heterocycles. The van der Waals surface area contributed by atoms with E-state index in [4.69, 9.17) is 23.2 Å². The van der Waals surface area contributed by atoms with Crippen LogP contribution < -0.4 is 5.32 Å². The van der Waals surface area contributed by atoms with Gasteiger partial charge in [0.25, 0.3) is 0 Å². The molecule has 1 unspecified atom stereocenters. The molecule has 0 radical (unpaired) electrons. The zero-order valence-corrected chi connectivity index (χ0v) is 14.3. The second-order valence-corrected chi connectivity index (χ2v) is 6.49. The Balaban J connectivity index is 1.90. The number of hydrogen-bond donors (Lipinski definition) is 1. The van der Waals surface area contributed by atoms with Crippen LogP contribution in [0.1, 0.15) is 18.1 Å². The first-order valence-electron chi connectivity index (χ1n) is 6.47. The molecular weight excluding hydrogens is 357 g/mol. The van der Waals surface area contributed by atoms with E-state index in [-0.39, 0.29) is 0 Å². The third kappa shape index (κ3) is 4.49. The summed E-state index contributed by atoms with van der Waals surface area (Å²) in [4.78, 5) is 0. The molecule has 0 fully saturated rings. The van der Waals surface area contributed by atoms with Crippen LogP contribution in [0.2, 0.25) is 10.0 Å². The van der Waals surface area contributed by atoms with Crippen molar-refractivity contribution in [3.05, 3.63) is 68.1 Å². The third-order valence-electron chi connectivity index (χ3n) is 3.12. The zero-order chi connectivity index (χ0) is 14.5. The van der Waals surface area contributed by atoms with Crippen molar-refractivity contribution in [2.24, 2.45) is 0 Å². The van der Waals surface area contributed by atoms with Crippen LogP contribution in [0, 0.1) is 0 Å². The summed E-state index contributed by atoms with van der Waals surface area (Å²) in [6, 6.07) is 14.3. The largest absolute Gasteiger partial charge is 0.310 e. The second kappa shape index (κ2) is 7.46. The fraction of sp³-hybridized carbons (Fsp3) is 0.250. The molecule has 1 nitrogen and oxygen atoms in total. The summed E-state index contributed by atoms with van der Waals surface area (Å²) in [5.41, 5.74) is 2.37. The van der Waals surface area contributed by atoms with E-state index >= 15 is 0 Å². The van der Waals surface area contributed by atoms with E-state index < -0.39 is 0 Å². The predicted octanol–water partition coefficient (Wildman–Crippen LogP) is 5.48. The molecule has 2 aromatic rings. The van der Waals surface area contributed by atoms with E-state index in [0.29, 0.717) is 6.04 Å². The molecule has 2 rings (SSSR count). The molecule has 4 heteroatoms. The monoisotopic (exact) mass is 371 g/mol. The number of halogens is 3. The maximum Gasteiger partial charge on any atom is 0.0548 e. The molecule has 0 spiro atoms. The minimum absolute atomic E-state index is 0.351. The normalized spacial score (nSPS) is 12.4. The Morgan fingerprint density at radius 2 is 1.85 bits per heavy atom. The topological polar surface area (TPSA) is 12.0 Å². The van der Waals surface area contributed by atoms with Crippen LogP contribution in [0.25, 0.3) is 0 Å². The van der Waals surface area contributed by atoms with Gasteiger partial charge in [-0.15, -0.1) is 0 Å². The highest BCUT2D eigenvalue weighted by atomic mass is 79.9. The molecule has 0 bridgehead atoms. The van der Waals surface area contributed by atoms with Crippen molar-refractivity contribution in [2.45, 2.75) is 25.9 Å². The van der Waals surface area contributed by atoms with Gasteiger partial charge < -0.3 is 5.32 Å². The van der Waals surface area contributed by atoms with Crippen LogP contribution in [0.3, 0.4) is 0 Å². The van der Waals surface area contributed by atoms with E-state index in [0.717, 1.165) is 27.5 Å². The maximum atomic E-state index is 6.18. The smallest absolute Gasteiger partial charge is 0.0548 e. The van der Waals surface area contributed by atoms with Crippen molar-refractivity contribution in [3.8, 4) is 0 Å². The summed E-state index contributed by atoms with van der Waals surface area (Å²) < 4.78 is 0.928. The van der Waals surface area contributed by atoms with Crippen molar-refractivity contribution in [2.75, 3.05) is 0 Å². The fourth-order valence-electron chi connectivity index (χ4n) is 2.01. The lowest BCUT2D eigenvalue weighted by atomic mass is 10.1. The summed E-state index contributed by atoms with van der Waals surface area (Å²) in [5.74, 6) is 0. The van der Waals surface area contributed by atoms with Gasteiger partial charge in [-0.3, -0.25) is 0 Å². The quantitative estimate of drug-likeness (QED) is 0.732. The van der Waals surface area contributed by atoms with Gasteiger partial charge >= 0.3 is 0 Å². The average Bonchev–Trinajstić information content (AvgIpc) is 2.43. The van der Waals surface area contributed by atoms with Crippen molar-refractivity contribution < 1.29 is 0 Å². The minimum atomic E-state index is 0.351. The van der Waals surface area contributed by atoms with Crippen LogP contribution in [0.4, 0.5) is 0 Å². The summed E-state index contributed by atoms with van der Waals surface area (Å²) in [7, 11) is 0. The first kappa shape index (κ1) is 15.8. The Kier molecular flexibility index (Phi) is 5.91. The predicted molar refractivity (Wildman–Crippen MR) is 90.6 cm³/mol. The standard InChI is InChI=1S/C16H16BrCl2N/c1-11(8-13-4-2-3-5-15(13)18)20-10-12-6-7-16(19)14(17)9-12/h2-7,9,11,20H,8,10H2,1H3. The first-order chi connectivity index (χ1) is 9.56. The van der Waals surface area contributed by atoms with Crippen molar-refractivity contribution in [1.82, 2.24) is 5.32 Å². The van der Waals surface area contributed by atoms with Crippen molar-refractivity contribution in [3.63, 3.8) is 0 Å². The Labute approximate surface area is 138 Å². The van der Waals surface area contributed by atoms with Crippen LogP contribution in [-0.4, -0.2) is 6.04 Å². The summed E-state index contributed by atoms with van der Waals surface area (Å²) in [6.07, 6.45) is 0.911. The Morgan fingerprint density at radius 1 is 1.10 bits per heavy atom. The first-order valence-corrected chi connectivity index (χ1v) is 8.02. The highest BCUT2D eigenvalue weighted by Gasteiger charge is 2.06. The van der Waals surface area contributed by atoms with Gasteiger partial charge in [-0.1, -0.05) is 47.5 Å². The minimum Gasteiger partial charge on any atom is -0.310 e. The molecule has 0 saturated heterocycles. The average molecular weight is 373 g/mol. The van der Waals surface area contributed by atoms with Gasteiger partial charge in [0.15, 0.2) is 0 Å². The van der Waals surface area contributed by atoms with Crippen LogP contribution in [0.15, 0.2) is 46.9 Å². The summed E-state index contributed by atoms with van der Waals surface area (Å²) >= 11 is 15.6. The molecule has 0 aliphatic heterocycles. The zero-order valence-electron chi connectivity index (χ0n) is 11.2. The molecule has 2 aromatic carbocycles. The van der Waals surface area contributed by atoms with Gasteiger partial charge in [0.05, 0.1) is 5.02 Å². The summed E-state index contributed by atoms with van der Waals surface area (Å²) in [5, 5.41) is 5.06. The maximum absolute atomic E-state index is 6.18. The van der Waals surface area contributed by atoms with Gasteiger partial charge in [-0.25, -0.2) is 0 Å².